The van der Waals surface area contributed by atoms with Crippen molar-refractivity contribution >= 4 is 37.4 Å². The van der Waals surface area contributed by atoms with Gasteiger partial charge in [-0.05, 0) is 48.7 Å². The Morgan fingerprint density at radius 3 is 2.35 bits per heavy atom. The predicted octanol–water partition coefficient (Wildman–Crippen LogP) is 2.04. The Labute approximate surface area is 187 Å². The average Bonchev–Trinajstić information content (AvgIpc) is 2.74. The third kappa shape index (κ3) is 5.82. The predicted molar refractivity (Wildman–Crippen MR) is 118 cm³/mol. The van der Waals surface area contributed by atoms with Crippen LogP contribution in [0.1, 0.15) is 23.7 Å². The second-order valence-electron chi connectivity index (χ2n) is 7.46. The smallest absolute Gasteiger partial charge is 0.223 e. The third-order valence-corrected chi connectivity index (χ3v) is 9.00. The fourth-order valence-corrected chi connectivity index (χ4v) is 6.19. The maximum absolute atomic E-state index is 13.3. The first-order valence-electron chi connectivity index (χ1n) is 9.71. The quantitative estimate of drug-likeness (QED) is 0.642. The van der Waals surface area contributed by atoms with Crippen LogP contribution in [0.3, 0.4) is 0 Å². The molecule has 0 spiro atoms. The summed E-state index contributed by atoms with van der Waals surface area (Å²) < 4.78 is 51.2. The molecule has 1 aromatic heterocycles. The second-order valence-corrected chi connectivity index (χ2v) is 12.0. The minimum Gasteiger partial charge on any atom is -0.354 e. The van der Waals surface area contributed by atoms with E-state index in [1.54, 1.807) is 18.3 Å². The van der Waals surface area contributed by atoms with Crippen LogP contribution in [-0.4, -0.2) is 57.9 Å². The Kier molecular flexibility index (Phi) is 7.35. The van der Waals surface area contributed by atoms with Crippen LogP contribution in [0.5, 0.6) is 0 Å². The lowest BCUT2D eigenvalue weighted by Gasteiger charge is -2.29. The van der Waals surface area contributed by atoms with Crippen molar-refractivity contribution in [1.82, 2.24) is 14.6 Å². The Morgan fingerprint density at radius 1 is 1.16 bits per heavy atom. The molecule has 0 radical (unpaired) electrons. The minimum absolute atomic E-state index is 0.0986. The molecule has 8 nitrogen and oxygen atoms in total. The van der Waals surface area contributed by atoms with E-state index in [2.05, 4.69) is 10.3 Å². The number of benzene rings is 1. The lowest BCUT2D eigenvalue weighted by molar-refractivity contribution is -0.126. The summed E-state index contributed by atoms with van der Waals surface area (Å²) in [6.45, 7) is 0.416. The number of rotatable bonds is 7. The number of halogens is 1. The van der Waals surface area contributed by atoms with Crippen LogP contribution in [0.4, 0.5) is 0 Å². The van der Waals surface area contributed by atoms with Gasteiger partial charge in [0.05, 0.1) is 11.2 Å². The Morgan fingerprint density at radius 2 is 1.81 bits per heavy atom. The van der Waals surface area contributed by atoms with Crippen LogP contribution in [0.15, 0.2) is 53.7 Å². The molecule has 3 rings (SSSR count). The number of carbonyl (C=O) groups excluding carboxylic acids is 1. The van der Waals surface area contributed by atoms with Crippen molar-refractivity contribution in [1.29, 1.82) is 0 Å². The molecule has 1 unspecified atom stereocenters. The van der Waals surface area contributed by atoms with Crippen molar-refractivity contribution in [2.45, 2.75) is 23.0 Å². The van der Waals surface area contributed by atoms with Gasteiger partial charge in [0.25, 0.3) is 0 Å². The molecule has 0 bridgehead atoms. The number of sulfone groups is 1. The lowest BCUT2D eigenvalue weighted by Crippen LogP contribution is -2.43. The van der Waals surface area contributed by atoms with E-state index in [0.717, 1.165) is 6.26 Å². The second kappa shape index (κ2) is 9.64. The minimum atomic E-state index is -3.83. The average molecular weight is 486 g/mol. The zero-order valence-electron chi connectivity index (χ0n) is 16.9. The molecule has 1 aromatic carbocycles. The van der Waals surface area contributed by atoms with Crippen molar-refractivity contribution < 1.29 is 21.6 Å². The van der Waals surface area contributed by atoms with Gasteiger partial charge in [0.2, 0.25) is 15.9 Å². The van der Waals surface area contributed by atoms with E-state index in [9.17, 15) is 21.6 Å². The van der Waals surface area contributed by atoms with Gasteiger partial charge in [0, 0.05) is 43.0 Å². The van der Waals surface area contributed by atoms with E-state index in [4.69, 9.17) is 11.6 Å². The van der Waals surface area contributed by atoms with Gasteiger partial charge in [-0.3, -0.25) is 9.78 Å². The van der Waals surface area contributed by atoms with Gasteiger partial charge in [-0.2, -0.15) is 0 Å². The largest absolute Gasteiger partial charge is 0.354 e. The van der Waals surface area contributed by atoms with E-state index in [-0.39, 0.29) is 36.4 Å². The topological polar surface area (TPSA) is 114 Å². The maximum atomic E-state index is 13.3. The van der Waals surface area contributed by atoms with Crippen molar-refractivity contribution in [3.63, 3.8) is 0 Å². The molecule has 1 atom stereocenters. The monoisotopic (exact) mass is 485 g/mol. The molecule has 0 aliphatic carbocycles. The van der Waals surface area contributed by atoms with E-state index >= 15 is 0 Å². The number of hydrogen-bond donors (Lipinski definition) is 1. The first-order valence-corrected chi connectivity index (χ1v) is 13.5. The highest BCUT2D eigenvalue weighted by Crippen LogP contribution is 2.29. The van der Waals surface area contributed by atoms with Crippen LogP contribution < -0.4 is 5.32 Å². The summed E-state index contributed by atoms with van der Waals surface area (Å²) in [7, 11) is -7.11. The van der Waals surface area contributed by atoms with Crippen molar-refractivity contribution in [3.8, 4) is 0 Å². The van der Waals surface area contributed by atoms with Gasteiger partial charge >= 0.3 is 0 Å². The fourth-order valence-electron chi connectivity index (χ4n) is 3.55. The number of nitrogens with zero attached hydrogens (tertiary/aromatic N) is 2. The zero-order chi connectivity index (χ0) is 22.6. The van der Waals surface area contributed by atoms with E-state index < -0.39 is 25.1 Å². The molecule has 1 aliphatic rings. The number of piperidine rings is 1. The molecule has 2 aromatic rings. The SMILES string of the molecule is CS(=O)(=O)N1CCC(C(=O)NCC(c2cccnc2)S(=O)(=O)c2ccc(Cl)cc2)CC1. The summed E-state index contributed by atoms with van der Waals surface area (Å²) in [4.78, 5) is 16.8. The lowest BCUT2D eigenvalue weighted by atomic mass is 9.97. The molecular formula is C20H24ClN3O5S2. The van der Waals surface area contributed by atoms with Crippen molar-refractivity contribution in [3.05, 3.63) is 59.4 Å². The van der Waals surface area contributed by atoms with Gasteiger partial charge in [-0.15, -0.1) is 0 Å². The molecular weight excluding hydrogens is 462 g/mol. The number of nitrogens with one attached hydrogen (secondary N) is 1. The molecule has 168 valence electrons. The molecule has 1 aliphatic heterocycles. The van der Waals surface area contributed by atoms with Gasteiger partial charge in [-0.1, -0.05) is 17.7 Å². The molecule has 2 heterocycles. The molecule has 31 heavy (non-hydrogen) atoms. The third-order valence-electron chi connectivity index (χ3n) is 5.33. The number of sulfonamides is 1. The van der Waals surface area contributed by atoms with Gasteiger partial charge in [0.15, 0.2) is 9.84 Å². The standard InChI is InChI=1S/C20H24ClN3O5S2/c1-30(26,27)24-11-8-15(9-12-24)20(25)23-14-19(16-3-2-10-22-13-16)31(28,29)18-6-4-17(21)5-7-18/h2-7,10,13,15,19H,8-9,11-12,14H2,1H3,(H,23,25). The van der Waals surface area contributed by atoms with E-state index in [1.807, 2.05) is 0 Å². The number of carbonyl (C=O) groups is 1. The molecule has 1 saturated heterocycles. The summed E-state index contributed by atoms with van der Waals surface area (Å²) >= 11 is 5.88. The number of pyridine rings is 1. The van der Waals surface area contributed by atoms with Crippen LogP contribution in [-0.2, 0) is 24.7 Å². The number of hydrogen-bond acceptors (Lipinski definition) is 6. The van der Waals surface area contributed by atoms with Gasteiger partial charge in [-0.25, -0.2) is 21.1 Å². The van der Waals surface area contributed by atoms with E-state index in [0.29, 0.717) is 23.4 Å². The first kappa shape index (κ1) is 23.6. The molecule has 11 heteroatoms. The highest BCUT2D eigenvalue weighted by Gasteiger charge is 2.32. The molecule has 1 fully saturated rings. The fraction of sp³-hybridized carbons (Fsp3) is 0.400. The molecule has 0 saturated carbocycles. The highest BCUT2D eigenvalue weighted by molar-refractivity contribution is 7.91. The Balaban J connectivity index is 1.75. The zero-order valence-corrected chi connectivity index (χ0v) is 19.3. The van der Waals surface area contributed by atoms with Crippen LogP contribution in [0.2, 0.25) is 5.02 Å². The number of amides is 1. The summed E-state index contributed by atoms with van der Waals surface area (Å²) in [5.74, 6) is -0.654. The molecule has 1 N–H and O–H groups in total. The summed E-state index contributed by atoms with van der Waals surface area (Å²) in [5, 5.41) is 2.15. The van der Waals surface area contributed by atoms with Crippen LogP contribution in [0, 0.1) is 5.92 Å². The Hall–Kier alpha value is -2.01. The van der Waals surface area contributed by atoms with Crippen LogP contribution >= 0.6 is 11.6 Å². The number of aromatic nitrogens is 1. The van der Waals surface area contributed by atoms with Crippen molar-refractivity contribution in [2.24, 2.45) is 5.92 Å². The summed E-state index contributed by atoms with van der Waals surface area (Å²) in [6.07, 6.45) is 4.94. The molecule has 1 amide bonds. The van der Waals surface area contributed by atoms with Crippen molar-refractivity contribution in [2.75, 3.05) is 25.9 Å². The highest BCUT2D eigenvalue weighted by atomic mass is 35.5. The normalized spacial score (nSPS) is 17.2. The van der Waals surface area contributed by atoms with Crippen LogP contribution in [0.25, 0.3) is 0 Å². The maximum Gasteiger partial charge on any atom is 0.223 e. The first-order chi connectivity index (χ1) is 14.6. The summed E-state index contributed by atoms with van der Waals surface area (Å²) in [5.41, 5.74) is 0.463. The van der Waals surface area contributed by atoms with Gasteiger partial charge in [0.1, 0.15) is 5.25 Å². The van der Waals surface area contributed by atoms with Gasteiger partial charge < -0.3 is 5.32 Å². The van der Waals surface area contributed by atoms with E-state index in [1.165, 1.54) is 34.8 Å². The Bertz CT molecular complexity index is 1120. The summed E-state index contributed by atoms with van der Waals surface area (Å²) in [6, 6.07) is 9.17.